The summed E-state index contributed by atoms with van der Waals surface area (Å²) < 4.78 is 0. The minimum atomic E-state index is -0.0668. The summed E-state index contributed by atoms with van der Waals surface area (Å²) in [7, 11) is 0. The van der Waals surface area contributed by atoms with Crippen LogP contribution in [0.1, 0.15) is 52.8 Å². The molecule has 2 amide bonds. The van der Waals surface area contributed by atoms with Crippen molar-refractivity contribution < 1.29 is 9.59 Å². The average Bonchev–Trinajstić information content (AvgIpc) is 3.79. The smallest absolute Gasteiger partial charge is 0.243 e. The van der Waals surface area contributed by atoms with Crippen LogP contribution in [-0.4, -0.2) is 40.7 Å². The molecular formula is C28H28N2O2S. The zero-order chi connectivity index (χ0) is 22.4. The molecule has 0 spiro atoms. The molecule has 6 rings (SSSR count). The first-order valence-electron chi connectivity index (χ1n) is 12.0. The lowest BCUT2D eigenvalue weighted by Crippen LogP contribution is -2.47. The van der Waals surface area contributed by atoms with Gasteiger partial charge in [0.05, 0.1) is 6.04 Å². The Kier molecular flexibility index (Phi) is 5.30. The summed E-state index contributed by atoms with van der Waals surface area (Å²) in [6.07, 6.45) is 3.81. The Balaban J connectivity index is 1.22. The van der Waals surface area contributed by atoms with Crippen molar-refractivity contribution in [3.8, 4) is 0 Å². The zero-order valence-corrected chi connectivity index (χ0v) is 19.4. The Morgan fingerprint density at radius 1 is 0.939 bits per heavy atom. The second-order valence-electron chi connectivity index (χ2n) is 9.51. The van der Waals surface area contributed by atoms with Gasteiger partial charge in [0.15, 0.2) is 0 Å². The molecule has 1 aromatic heterocycles. The maximum absolute atomic E-state index is 13.7. The maximum Gasteiger partial charge on any atom is 0.243 e. The summed E-state index contributed by atoms with van der Waals surface area (Å²) in [5, 5.41) is 2.13. The van der Waals surface area contributed by atoms with Crippen molar-refractivity contribution in [2.45, 2.75) is 43.7 Å². The highest BCUT2D eigenvalue weighted by Gasteiger charge is 2.49. The number of carbonyl (C=O) groups is 2. The topological polar surface area (TPSA) is 40.6 Å². The lowest BCUT2D eigenvalue weighted by atomic mass is 9.93. The van der Waals surface area contributed by atoms with Gasteiger partial charge in [-0.1, -0.05) is 60.7 Å². The SMILES string of the molecule is O=C(C1CC1c1ccccc1)N(CC(=O)N1CCc2sccc2C1c1ccccc1)C1CC1. The van der Waals surface area contributed by atoms with Crippen molar-refractivity contribution in [2.75, 3.05) is 13.1 Å². The molecule has 168 valence electrons. The van der Waals surface area contributed by atoms with Crippen LogP contribution in [0.3, 0.4) is 0 Å². The predicted molar refractivity (Wildman–Crippen MR) is 130 cm³/mol. The molecule has 2 aromatic carbocycles. The van der Waals surface area contributed by atoms with Crippen molar-refractivity contribution in [3.05, 3.63) is 93.7 Å². The monoisotopic (exact) mass is 456 g/mol. The largest absolute Gasteiger partial charge is 0.330 e. The third-order valence-corrected chi connectivity index (χ3v) is 8.31. The van der Waals surface area contributed by atoms with Crippen LogP contribution >= 0.6 is 11.3 Å². The fourth-order valence-corrected chi connectivity index (χ4v) is 6.24. The molecule has 2 aliphatic carbocycles. The number of hydrogen-bond acceptors (Lipinski definition) is 3. The molecule has 3 atom stereocenters. The van der Waals surface area contributed by atoms with Gasteiger partial charge in [-0.2, -0.15) is 0 Å². The maximum atomic E-state index is 13.7. The van der Waals surface area contributed by atoms with Crippen LogP contribution in [0.5, 0.6) is 0 Å². The molecule has 0 N–H and O–H groups in total. The summed E-state index contributed by atoms with van der Waals surface area (Å²) in [6.45, 7) is 0.902. The number of carbonyl (C=O) groups excluding carboxylic acids is 2. The van der Waals surface area contributed by atoms with Gasteiger partial charge in [-0.15, -0.1) is 11.3 Å². The Morgan fingerprint density at radius 3 is 2.33 bits per heavy atom. The van der Waals surface area contributed by atoms with Gasteiger partial charge in [-0.3, -0.25) is 9.59 Å². The number of fused-ring (bicyclic) bond motifs is 1. The van der Waals surface area contributed by atoms with Gasteiger partial charge >= 0.3 is 0 Å². The molecule has 2 saturated carbocycles. The summed E-state index contributed by atoms with van der Waals surface area (Å²) in [4.78, 5) is 32.4. The fraction of sp³-hybridized carbons (Fsp3) is 0.357. The molecule has 0 bridgehead atoms. The summed E-state index contributed by atoms with van der Waals surface area (Å²) >= 11 is 1.78. The molecule has 3 unspecified atom stereocenters. The third-order valence-electron chi connectivity index (χ3n) is 7.31. The number of amides is 2. The van der Waals surface area contributed by atoms with E-state index in [0.717, 1.165) is 31.2 Å². The molecular weight excluding hydrogens is 428 g/mol. The van der Waals surface area contributed by atoms with Gasteiger partial charge in [-0.05, 0) is 59.7 Å². The van der Waals surface area contributed by atoms with Gasteiger partial charge in [0.2, 0.25) is 11.8 Å². The van der Waals surface area contributed by atoms with Crippen LogP contribution < -0.4 is 0 Å². The van der Waals surface area contributed by atoms with Crippen LogP contribution in [0.2, 0.25) is 0 Å². The zero-order valence-electron chi connectivity index (χ0n) is 18.6. The van der Waals surface area contributed by atoms with E-state index in [0.29, 0.717) is 12.5 Å². The molecule has 0 radical (unpaired) electrons. The van der Waals surface area contributed by atoms with Gasteiger partial charge in [0.25, 0.3) is 0 Å². The Morgan fingerprint density at radius 2 is 1.64 bits per heavy atom. The second kappa shape index (κ2) is 8.45. The first-order chi connectivity index (χ1) is 16.2. The van der Waals surface area contributed by atoms with E-state index >= 15 is 0 Å². The molecule has 4 nitrogen and oxygen atoms in total. The summed E-state index contributed by atoms with van der Waals surface area (Å²) in [5.41, 5.74) is 3.62. The van der Waals surface area contributed by atoms with Gasteiger partial charge in [-0.25, -0.2) is 0 Å². The lowest BCUT2D eigenvalue weighted by Gasteiger charge is -2.37. The minimum absolute atomic E-state index is 0.0237. The van der Waals surface area contributed by atoms with E-state index in [1.165, 1.54) is 16.0 Å². The molecule has 1 aliphatic heterocycles. The molecule has 2 fully saturated rings. The normalized spacial score (nSPS) is 23.6. The lowest BCUT2D eigenvalue weighted by molar-refractivity contribution is -0.143. The van der Waals surface area contributed by atoms with Crippen LogP contribution in [0.4, 0.5) is 0 Å². The van der Waals surface area contributed by atoms with Crippen molar-refractivity contribution in [2.24, 2.45) is 5.92 Å². The van der Waals surface area contributed by atoms with E-state index in [9.17, 15) is 9.59 Å². The highest BCUT2D eigenvalue weighted by atomic mass is 32.1. The number of thiophene rings is 1. The van der Waals surface area contributed by atoms with E-state index in [1.54, 1.807) is 11.3 Å². The first-order valence-corrected chi connectivity index (χ1v) is 12.8. The van der Waals surface area contributed by atoms with E-state index in [-0.39, 0.29) is 36.4 Å². The molecule has 3 aromatic rings. The van der Waals surface area contributed by atoms with Crippen LogP contribution in [-0.2, 0) is 16.0 Å². The number of rotatable bonds is 6. The van der Waals surface area contributed by atoms with Gasteiger partial charge < -0.3 is 9.80 Å². The molecule has 0 saturated heterocycles. The number of benzene rings is 2. The molecule has 5 heteroatoms. The molecule has 3 aliphatic rings. The minimum Gasteiger partial charge on any atom is -0.330 e. The first kappa shape index (κ1) is 20.7. The van der Waals surface area contributed by atoms with Crippen LogP contribution in [0.25, 0.3) is 0 Å². The quantitative estimate of drug-likeness (QED) is 0.523. The molecule has 33 heavy (non-hydrogen) atoms. The van der Waals surface area contributed by atoms with Gasteiger partial charge in [0.1, 0.15) is 6.54 Å². The van der Waals surface area contributed by atoms with Crippen molar-refractivity contribution in [3.63, 3.8) is 0 Å². The van der Waals surface area contributed by atoms with E-state index in [4.69, 9.17) is 0 Å². The average molecular weight is 457 g/mol. The van der Waals surface area contributed by atoms with E-state index in [2.05, 4.69) is 35.7 Å². The van der Waals surface area contributed by atoms with E-state index in [1.807, 2.05) is 46.2 Å². The second-order valence-corrected chi connectivity index (χ2v) is 10.5. The molecule has 2 heterocycles. The Bertz CT molecular complexity index is 1150. The highest BCUT2D eigenvalue weighted by Crippen LogP contribution is 2.49. The predicted octanol–water partition coefficient (Wildman–Crippen LogP) is 5.02. The van der Waals surface area contributed by atoms with Crippen LogP contribution in [0, 0.1) is 5.92 Å². The summed E-state index contributed by atoms with van der Waals surface area (Å²) in [6, 6.07) is 22.9. The number of hydrogen-bond donors (Lipinski definition) is 0. The van der Waals surface area contributed by atoms with E-state index < -0.39 is 0 Å². The van der Waals surface area contributed by atoms with Crippen molar-refractivity contribution >= 4 is 23.2 Å². The highest BCUT2D eigenvalue weighted by molar-refractivity contribution is 7.10. The fourth-order valence-electron chi connectivity index (χ4n) is 5.34. The van der Waals surface area contributed by atoms with Crippen molar-refractivity contribution in [1.29, 1.82) is 0 Å². The Labute approximate surface area is 198 Å². The van der Waals surface area contributed by atoms with Gasteiger partial charge in [0, 0.05) is 23.4 Å². The third kappa shape index (κ3) is 3.99. The number of nitrogens with zero attached hydrogens (tertiary/aromatic N) is 2. The van der Waals surface area contributed by atoms with Crippen LogP contribution in [0.15, 0.2) is 72.1 Å². The standard InChI is InChI=1S/C28H28N2O2S/c31-26(29-15-13-25-22(14-16-33-25)27(29)20-9-5-2-6-10-20)18-30(21-11-12-21)28(32)24-17-23(24)19-7-3-1-4-8-19/h1-10,14,16,21,23-24,27H,11-13,15,17-18H2. The Hall–Kier alpha value is -2.92. The van der Waals surface area contributed by atoms with Crippen molar-refractivity contribution in [1.82, 2.24) is 9.80 Å². The summed E-state index contributed by atoms with van der Waals surface area (Å²) in [5.74, 6) is 0.563.